The monoisotopic (exact) mass is 215 g/mol. The number of rotatable bonds is 2. The Morgan fingerprint density at radius 3 is 2.62 bits per heavy atom. The summed E-state index contributed by atoms with van der Waals surface area (Å²) in [6.07, 6.45) is 0.400. The van der Waals surface area contributed by atoms with Crippen molar-refractivity contribution in [2.75, 3.05) is 0 Å². The van der Waals surface area contributed by atoms with Crippen molar-refractivity contribution in [1.82, 2.24) is 0 Å². The Kier molecular flexibility index (Phi) is 2.32. The van der Waals surface area contributed by atoms with Crippen LogP contribution in [-0.4, -0.2) is 17.4 Å². The molecule has 0 unspecified atom stereocenters. The van der Waals surface area contributed by atoms with Crippen molar-refractivity contribution >= 4 is 23.0 Å². The van der Waals surface area contributed by atoms with Gasteiger partial charge in [-0.15, -0.1) is 0 Å². The van der Waals surface area contributed by atoms with Gasteiger partial charge in [-0.2, -0.15) is 0 Å². The quantitative estimate of drug-likeness (QED) is 0.768. The molecule has 0 saturated heterocycles. The van der Waals surface area contributed by atoms with Crippen LogP contribution in [0.2, 0.25) is 0 Å². The van der Waals surface area contributed by atoms with Crippen molar-refractivity contribution in [3.8, 4) is 5.75 Å². The summed E-state index contributed by atoms with van der Waals surface area (Å²) in [5, 5.41) is 21.5. The van der Waals surface area contributed by atoms with Crippen LogP contribution < -0.4 is 5.11 Å². The predicted molar refractivity (Wildman–Crippen MR) is 55.7 cm³/mol. The first-order chi connectivity index (χ1) is 7.65. The molecule has 0 fully saturated rings. The first-order valence-corrected chi connectivity index (χ1v) is 4.56. The zero-order valence-electron chi connectivity index (χ0n) is 8.14. The van der Waals surface area contributed by atoms with Crippen LogP contribution in [0.4, 0.5) is 0 Å². The second-order valence-corrected chi connectivity index (χ2v) is 3.31. The Bertz CT molecular complexity index is 587. The molecule has 2 rings (SSSR count). The van der Waals surface area contributed by atoms with Gasteiger partial charge in [0.25, 0.3) is 0 Å². The Balaban J connectivity index is 2.93. The average molecular weight is 215 g/mol. The molecule has 0 amide bonds. The van der Waals surface area contributed by atoms with E-state index in [4.69, 9.17) is 5.11 Å². The zero-order valence-corrected chi connectivity index (χ0v) is 8.14. The molecule has 0 heterocycles. The summed E-state index contributed by atoms with van der Waals surface area (Å²) >= 11 is 0. The lowest BCUT2D eigenvalue weighted by Crippen LogP contribution is -2.07. The van der Waals surface area contributed by atoms with E-state index >= 15 is 0 Å². The summed E-state index contributed by atoms with van der Waals surface area (Å²) in [4.78, 5) is 21.6. The summed E-state index contributed by atoms with van der Waals surface area (Å²) in [6, 6.07) is 7.97. The molecule has 0 spiro atoms. The lowest BCUT2D eigenvalue weighted by Gasteiger charge is -2.15. The molecule has 1 N–H and O–H groups in total. The topological polar surface area (TPSA) is 77.4 Å². The van der Waals surface area contributed by atoms with Crippen molar-refractivity contribution in [3.63, 3.8) is 0 Å². The third kappa shape index (κ3) is 1.40. The van der Waals surface area contributed by atoms with Crippen LogP contribution in [0.3, 0.4) is 0 Å². The van der Waals surface area contributed by atoms with Crippen LogP contribution in [0.5, 0.6) is 5.75 Å². The van der Waals surface area contributed by atoms with Gasteiger partial charge < -0.3 is 10.2 Å². The van der Waals surface area contributed by atoms with Gasteiger partial charge in [-0.25, -0.2) is 4.79 Å². The normalized spacial score (nSPS) is 10.2. The van der Waals surface area contributed by atoms with Gasteiger partial charge in [0.1, 0.15) is 6.29 Å². The maximum absolute atomic E-state index is 11.6. The minimum Gasteiger partial charge on any atom is -0.871 e. The van der Waals surface area contributed by atoms with E-state index in [1.807, 2.05) is 0 Å². The third-order valence-electron chi connectivity index (χ3n) is 2.39. The molecular formula is C12H7O4-. The fourth-order valence-corrected chi connectivity index (χ4v) is 1.63. The van der Waals surface area contributed by atoms with Gasteiger partial charge in [0.05, 0.1) is 5.56 Å². The minimum atomic E-state index is -1.32. The molecule has 0 bridgehead atoms. The molecule has 0 aromatic heterocycles. The second-order valence-electron chi connectivity index (χ2n) is 3.31. The lowest BCUT2D eigenvalue weighted by atomic mass is 10.00. The number of carboxylic acid groups (broad SMARTS) is 1. The van der Waals surface area contributed by atoms with Gasteiger partial charge in [-0.05, 0) is 16.8 Å². The van der Waals surface area contributed by atoms with Gasteiger partial charge in [0, 0.05) is 5.56 Å². The largest absolute Gasteiger partial charge is 0.871 e. The zero-order chi connectivity index (χ0) is 11.7. The molecule has 0 aliphatic heterocycles. The molecule has 0 aliphatic carbocycles. The number of carboxylic acids is 1. The number of hydrogen-bond acceptors (Lipinski definition) is 3. The van der Waals surface area contributed by atoms with Crippen molar-refractivity contribution in [2.24, 2.45) is 0 Å². The molecule has 0 radical (unpaired) electrons. The van der Waals surface area contributed by atoms with Crippen LogP contribution >= 0.6 is 0 Å². The SMILES string of the molecule is O=Cc1c([O-])c(C(=O)O)cc2ccccc12. The van der Waals surface area contributed by atoms with Gasteiger partial charge in [0.2, 0.25) is 0 Å². The molecule has 0 atom stereocenters. The fourth-order valence-electron chi connectivity index (χ4n) is 1.63. The molecule has 4 nitrogen and oxygen atoms in total. The number of aromatic carboxylic acids is 1. The Morgan fingerprint density at radius 1 is 1.31 bits per heavy atom. The van der Waals surface area contributed by atoms with Crippen LogP contribution in [0.1, 0.15) is 20.7 Å². The fraction of sp³-hybridized carbons (Fsp3) is 0. The van der Waals surface area contributed by atoms with Crippen molar-refractivity contribution in [1.29, 1.82) is 0 Å². The van der Waals surface area contributed by atoms with Gasteiger partial charge in [0.15, 0.2) is 0 Å². The van der Waals surface area contributed by atoms with E-state index in [1.165, 1.54) is 6.07 Å². The highest BCUT2D eigenvalue weighted by Crippen LogP contribution is 2.27. The van der Waals surface area contributed by atoms with Crippen molar-refractivity contribution in [3.05, 3.63) is 41.5 Å². The summed E-state index contributed by atoms with van der Waals surface area (Å²) in [7, 11) is 0. The van der Waals surface area contributed by atoms with Crippen LogP contribution in [0, 0.1) is 0 Å². The predicted octanol–water partition coefficient (Wildman–Crippen LogP) is 1.42. The van der Waals surface area contributed by atoms with E-state index in [2.05, 4.69) is 0 Å². The van der Waals surface area contributed by atoms with E-state index in [0.717, 1.165) is 0 Å². The maximum atomic E-state index is 11.6. The summed E-state index contributed by atoms with van der Waals surface area (Å²) in [6.45, 7) is 0. The number of fused-ring (bicyclic) bond motifs is 1. The minimum absolute atomic E-state index is 0.101. The highest BCUT2D eigenvalue weighted by molar-refractivity contribution is 6.06. The standard InChI is InChI=1S/C12H8O4/c13-6-10-8-4-2-1-3-7(8)5-9(11(10)14)12(15)16/h1-6,14H,(H,15,16)/p-1. The first-order valence-electron chi connectivity index (χ1n) is 4.56. The van der Waals surface area contributed by atoms with E-state index in [-0.39, 0.29) is 11.1 Å². The second kappa shape index (κ2) is 3.66. The number of aldehydes is 1. The molecule has 80 valence electrons. The highest BCUT2D eigenvalue weighted by Gasteiger charge is 2.10. The number of hydrogen-bond donors (Lipinski definition) is 1. The van der Waals surface area contributed by atoms with Gasteiger partial charge >= 0.3 is 5.97 Å². The summed E-state index contributed by atoms with van der Waals surface area (Å²) in [5.74, 6) is -2.06. The number of carbonyl (C=O) groups is 2. The highest BCUT2D eigenvalue weighted by atomic mass is 16.4. The summed E-state index contributed by atoms with van der Waals surface area (Å²) in [5.41, 5.74) is -0.476. The van der Waals surface area contributed by atoms with E-state index < -0.39 is 11.7 Å². The van der Waals surface area contributed by atoms with Crippen LogP contribution in [0.15, 0.2) is 30.3 Å². The Hall–Kier alpha value is -2.36. The Morgan fingerprint density at radius 2 is 2.00 bits per heavy atom. The van der Waals surface area contributed by atoms with Crippen molar-refractivity contribution < 1.29 is 19.8 Å². The number of carbonyl (C=O) groups excluding carboxylic acids is 1. The lowest BCUT2D eigenvalue weighted by molar-refractivity contribution is -0.268. The van der Waals surface area contributed by atoms with Crippen LogP contribution in [-0.2, 0) is 0 Å². The molecule has 2 aromatic carbocycles. The van der Waals surface area contributed by atoms with Crippen molar-refractivity contribution in [2.45, 2.75) is 0 Å². The molecule has 0 aliphatic rings. The molecule has 0 saturated carbocycles. The Labute approximate surface area is 90.8 Å². The summed E-state index contributed by atoms with van der Waals surface area (Å²) < 4.78 is 0. The molecule has 4 heteroatoms. The molecule has 2 aromatic rings. The van der Waals surface area contributed by atoms with E-state index in [9.17, 15) is 14.7 Å². The van der Waals surface area contributed by atoms with E-state index in [0.29, 0.717) is 17.1 Å². The van der Waals surface area contributed by atoms with Crippen LogP contribution in [0.25, 0.3) is 10.8 Å². The smallest absolute Gasteiger partial charge is 0.335 e. The van der Waals surface area contributed by atoms with E-state index in [1.54, 1.807) is 24.3 Å². The van der Waals surface area contributed by atoms with Gasteiger partial charge in [-0.1, -0.05) is 30.0 Å². The average Bonchev–Trinajstić information content (AvgIpc) is 2.28. The van der Waals surface area contributed by atoms with Gasteiger partial charge in [-0.3, -0.25) is 4.79 Å². The third-order valence-corrected chi connectivity index (χ3v) is 2.39. The number of benzene rings is 2. The molecular weight excluding hydrogens is 208 g/mol. The molecule has 16 heavy (non-hydrogen) atoms. The maximum Gasteiger partial charge on any atom is 0.335 e. The first kappa shape index (κ1) is 10.2.